The maximum atomic E-state index is 5.66. The first-order chi connectivity index (χ1) is 13.3. The zero-order valence-corrected chi connectivity index (χ0v) is 14.6. The number of fused-ring (bicyclic) bond motifs is 6. The highest BCUT2D eigenvalue weighted by Crippen LogP contribution is 2.30. The summed E-state index contributed by atoms with van der Waals surface area (Å²) < 4.78 is 11.3. The van der Waals surface area contributed by atoms with Crippen molar-refractivity contribution in [1.29, 1.82) is 0 Å². The third-order valence-electron chi connectivity index (χ3n) is 5.37. The molecule has 1 aromatic carbocycles. The Morgan fingerprint density at radius 3 is 2.96 bits per heavy atom. The number of para-hydroxylation sites is 1. The fraction of sp³-hybridized carbons (Fsp3) is 0.278. The van der Waals surface area contributed by atoms with Gasteiger partial charge in [-0.15, -0.1) is 15.3 Å². The fourth-order valence-corrected chi connectivity index (χ4v) is 3.99. The van der Waals surface area contributed by atoms with E-state index in [0.29, 0.717) is 5.95 Å². The van der Waals surface area contributed by atoms with Crippen LogP contribution in [-0.2, 0) is 4.74 Å². The van der Waals surface area contributed by atoms with E-state index in [-0.39, 0.29) is 12.0 Å². The molecule has 6 rings (SSSR count). The van der Waals surface area contributed by atoms with Crippen LogP contribution in [0, 0.1) is 0 Å². The minimum absolute atomic E-state index is 0.149. The average Bonchev–Trinajstić information content (AvgIpc) is 3.46. The predicted octanol–water partition coefficient (Wildman–Crippen LogP) is 2.00. The molecule has 134 valence electrons. The number of imidazole rings is 1. The third kappa shape index (κ3) is 2.00. The standard InChI is InChI=1S/C18H16N8O/c1-11-12(6-7-27-11)14-9-25(23-20-14)18-22-21-17-13-4-2-3-5-15(13)24-10-19-8-16(24)26(17)18/h2-5,8-12H,6-7H2,1H3. The zero-order valence-electron chi connectivity index (χ0n) is 14.6. The van der Waals surface area contributed by atoms with E-state index < -0.39 is 0 Å². The Labute approximate surface area is 153 Å². The average molecular weight is 360 g/mol. The van der Waals surface area contributed by atoms with Crippen LogP contribution < -0.4 is 0 Å². The molecule has 1 saturated heterocycles. The molecule has 2 unspecified atom stereocenters. The van der Waals surface area contributed by atoms with Crippen LogP contribution in [0.15, 0.2) is 43.0 Å². The Morgan fingerprint density at radius 1 is 1.15 bits per heavy atom. The van der Waals surface area contributed by atoms with Gasteiger partial charge in [0.1, 0.15) is 12.0 Å². The summed E-state index contributed by atoms with van der Waals surface area (Å²) in [7, 11) is 0. The van der Waals surface area contributed by atoms with Crippen LogP contribution in [0.3, 0.4) is 0 Å². The molecule has 1 aliphatic rings. The Hall–Kier alpha value is -3.33. The van der Waals surface area contributed by atoms with Gasteiger partial charge in [0.25, 0.3) is 5.95 Å². The summed E-state index contributed by atoms with van der Waals surface area (Å²) in [5, 5.41) is 18.5. The van der Waals surface area contributed by atoms with Crippen LogP contribution in [0.2, 0.25) is 0 Å². The topological polar surface area (TPSA) is 87.4 Å². The molecule has 0 amide bonds. The molecular weight excluding hydrogens is 344 g/mol. The van der Waals surface area contributed by atoms with Gasteiger partial charge in [-0.2, -0.15) is 4.68 Å². The van der Waals surface area contributed by atoms with Crippen LogP contribution in [0.5, 0.6) is 0 Å². The first-order valence-electron chi connectivity index (χ1n) is 8.93. The van der Waals surface area contributed by atoms with Crippen molar-refractivity contribution >= 4 is 22.2 Å². The van der Waals surface area contributed by atoms with Gasteiger partial charge >= 0.3 is 0 Å². The largest absolute Gasteiger partial charge is 0.378 e. The molecule has 0 bridgehead atoms. The molecule has 9 nitrogen and oxygen atoms in total. The van der Waals surface area contributed by atoms with E-state index in [2.05, 4.69) is 32.4 Å². The Kier molecular flexibility index (Phi) is 2.92. The molecule has 5 heterocycles. The van der Waals surface area contributed by atoms with Gasteiger partial charge in [-0.3, -0.25) is 4.40 Å². The highest BCUT2D eigenvalue weighted by atomic mass is 16.5. The van der Waals surface area contributed by atoms with Crippen molar-refractivity contribution in [2.24, 2.45) is 0 Å². The number of rotatable bonds is 2. The molecule has 5 aromatic rings. The normalized spacial score (nSPS) is 20.3. The Morgan fingerprint density at radius 2 is 2.07 bits per heavy atom. The molecule has 9 heteroatoms. The van der Waals surface area contributed by atoms with Crippen molar-refractivity contribution in [2.45, 2.75) is 25.4 Å². The third-order valence-corrected chi connectivity index (χ3v) is 5.37. The van der Waals surface area contributed by atoms with Crippen LogP contribution in [0.25, 0.3) is 28.1 Å². The lowest BCUT2D eigenvalue weighted by atomic mass is 10.00. The minimum Gasteiger partial charge on any atom is -0.378 e. The smallest absolute Gasteiger partial charge is 0.259 e. The van der Waals surface area contributed by atoms with Gasteiger partial charge in [0.05, 0.1) is 29.7 Å². The maximum Gasteiger partial charge on any atom is 0.259 e. The first kappa shape index (κ1) is 14.8. The molecule has 27 heavy (non-hydrogen) atoms. The van der Waals surface area contributed by atoms with E-state index in [1.807, 2.05) is 39.3 Å². The second-order valence-electron chi connectivity index (χ2n) is 6.86. The predicted molar refractivity (Wildman–Crippen MR) is 96.9 cm³/mol. The molecule has 1 fully saturated rings. The van der Waals surface area contributed by atoms with Crippen LogP contribution in [0.4, 0.5) is 0 Å². The zero-order chi connectivity index (χ0) is 18.0. The number of benzene rings is 1. The Balaban J connectivity index is 1.60. The van der Waals surface area contributed by atoms with Gasteiger partial charge in [0.2, 0.25) is 0 Å². The molecule has 2 atom stereocenters. The summed E-state index contributed by atoms with van der Waals surface area (Å²) in [5.74, 6) is 0.848. The van der Waals surface area contributed by atoms with Crippen LogP contribution in [-0.4, -0.2) is 51.7 Å². The monoisotopic (exact) mass is 360 g/mol. The van der Waals surface area contributed by atoms with Crippen molar-refractivity contribution < 1.29 is 4.74 Å². The lowest BCUT2D eigenvalue weighted by Crippen LogP contribution is -2.09. The highest BCUT2D eigenvalue weighted by Gasteiger charge is 2.29. The van der Waals surface area contributed by atoms with Gasteiger partial charge in [-0.25, -0.2) is 9.38 Å². The number of hydrogen-bond donors (Lipinski definition) is 0. The van der Waals surface area contributed by atoms with E-state index in [1.165, 1.54) is 0 Å². The van der Waals surface area contributed by atoms with Crippen molar-refractivity contribution in [3.05, 3.63) is 48.7 Å². The summed E-state index contributed by atoms with van der Waals surface area (Å²) in [6.07, 6.45) is 6.63. The molecule has 0 spiro atoms. The molecule has 0 aliphatic carbocycles. The maximum absolute atomic E-state index is 5.66. The summed E-state index contributed by atoms with van der Waals surface area (Å²) >= 11 is 0. The number of aromatic nitrogens is 8. The molecule has 0 radical (unpaired) electrons. The van der Waals surface area contributed by atoms with Gasteiger partial charge in [0.15, 0.2) is 5.65 Å². The molecule has 0 N–H and O–H groups in total. The summed E-state index contributed by atoms with van der Waals surface area (Å²) in [6, 6.07) is 8.08. The van der Waals surface area contributed by atoms with E-state index in [9.17, 15) is 0 Å². The molecule has 0 saturated carbocycles. The minimum atomic E-state index is 0.149. The van der Waals surface area contributed by atoms with Crippen molar-refractivity contribution in [3.8, 4) is 5.95 Å². The lowest BCUT2D eigenvalue weighted by molar-refractivity contribution is 0.118. The summed E-state index contributed by atoms with van der Waals surface area (Å²) in [4.78, 5) is 4.32. The van der Waals surface area contributed by atoms with E-state index in [4.69, 9.17) is 4.74 Å². The first-order valence-corrected chi connectivity index (χ1v) is 8.93. The number of nitrogens with zero attached hydrogens (tertiary/aromatic N) is 8. The highest BCUT2D eigenvalue weighted by molar-refractivity contribution is 5.94. The second kappa shape index (κ2) is 5.34. The van der Waals surface area contributed by atoms with Gasteiger partial charge in [0, 0.05) is 17.9 Å². The van der Waals surface area contributed by atoms with Crippen molar-refractivity contribution in [2.75, 3.05) is 6.61 Å². The van der Waals surface area contributed by atoms with E-state index >= 15 is 0 Å². The fourth-order valence-electron chi connectivity index (χ4n) is 3.99. The van der Waals surface area contributed by atoms with Crippen LogP contribution in [0.1, 0.15) is 25.0 Å². The molecule has 1 aliphatic heterocycles. The SMILES string of the molecule is CC1OCCC1c1cn(-c2nnc3c4ccccc4n4cncc4n23)nn1. The van der Waals surface area contributed by atoms with Gasteiger partial charge < -0.3 is 4.74 Å². The molecular formula is C18H16N8O. The molecule has 4 aromatic heterocycles. The van der Waals surface area contributed by atoms with Gasteiger partial charge in [-0.1, -0.05) is 17.3 Å². The number of ether oxygens (including phenoxy) is 1. The van der Waals surface area contributed by atoms with E-state index in [1.54, 1.807) is 17.2 Å². The quantitative estimate of drug-likeness (QED) is 0.478. The summed E-state index contributed by atoms with van der Waals surface area (Å²) in [5.41, 5.74) is 3.59. The Bertz CT molecular complexity index is 1300. The van der Waals surface area contributed by atoms with Crippen LogP contribution >= 0.6 is 0 Å². The van der Waals surface area contributed by atoms with Crippen molar-refractivity contribution in [3.63, 3.8) is 0 Å². The van der Waals surface area contributed by atoms with Gasteiger partial charge in [-0.05, 0) is 25.5 Å². The lowest BCUT2D eigenvalue weighted by Gasteiger charge is -2.09. The summed E-state index contributed by atoms with van der Waals surface area (Å²) in [6.45, 7) is 2.83. The van der Waals surface area contributed by atoms with Crippen molar-refractivity contribution in [1.82, 2.24) is 39.0 Å². The van der Waals surface area contributed by atoms with E-state index in [0.717, 1.165) is 40.9 Å². The number of hydrogen-bond acceptors (Lipinski definition) is 6. The second-order valence-corrected chi connectivity index (χ2v) is 6.86.